The van der Waals surface area contributed by atoms with Crippen molar-refractivity contribution < 1.29 is 14.4 Å². The number of nitro groups is 1. The largest absolute Gasteiger partial charge is 0.496 e. The summed E-state index contributed by atoms with van der Waals surface area (Å²) in [7, 11) is 2.94. The lowest BCUT2D eigenvalue weighted by Gasteiger charge is -2.26. The fourth-order valence-corrected chi connectivity index (χ4v) is 3.29. The number of aromatic nitrogens is 2. The van der Waals surface area contributed by atoms with Crippen molar-refractivity contribution in [2.45, 2.75) is 26.3 Å². The van der Waals surface area contributed by atoms with Crippen LogP contribution >= 0.6 is 0 Å². The van der Waals surface area contributed by atoms with Gasteiger partial charge in [0, 0.05) is 42.9 Å². The number of nitrogens with zero attached hydrogens (tertiary/aromatic N) is 3. The monoisotopic (exact) mass is 346 g/mol. The molecule has 0 fully saturated rings. The molecule has 2 aromatic rings. The van der Waals surface area contributed by atoms with Crippen LogP contribution in [0, 0.1) is 10.1 Å². The molecule has 134 valence electrons. The SMILES string of the molecule is CCCN1CCc2[nH]nc(-c3cc([N+](=O)[O-])c(OC)cc3OC)c2C1. The maximum absolute atomic E-state index is 11.4. The summed E-state index contributed by atoms with van der Waals surface area (Å²) >= 11 is 0. The maximum atomic E-state index is 11.4. The van der Waals surface area contributed by atoms with E-state index in [1.165, 1.54) is 20.3 Å². The van der Waals surface area contributed by atoms with Crippen molar-refractivity contribution in [3.05, 3.63) is 33.5 Å². The zero-order valence-electron chi connectivity index (χ0n) is 14.7. The molecule has 1 aliphatic heterocycles. The van der Waals surface area contributed by atoms with Crippen LogP contribution < -0.4 is 9.47 Å². The van der Waals surface area contributed by atoms with E-state index >= 15 is 0 Å². The Kier molecular flexibility index (Phi) is 4.89. The first-order valence-electron chi connectivity index (χ1n) is 8.28. The molecule has 1 aromatic carbocycles. The van der Waals surface area contributed by atoms with Gasteiger partial charge in [-0.3, -0.25) is 20.1 Å². The van der Waals surface area contributed by atoms with E-state index in [0.717, 1.165) is 43.7 Å². The zero-order valence-corrected chi connectivity index (χ0v) is 14.7. The second kappa shape index (κ2) is 7.10. The number of hydrogen-bond donors (Lipinski definition) is 1. The fourth-order valence-electron chi connectivity index (χ4n) is 3.29. The molecule has 3 rings (SSSR count). The standard InChI is InChI=1S/C17H22N4O4/c1-4-6-20-7-5-13-12(10-20)17(19-18-13)11-8-14(21(22)23)16(25-3)9-15(11)24-2/h8-9H,4-7,10H2,1-3H3,(H,18,19). The van der Waals surface area contributed by atoms with Gasteiger partial charge in [0.15, 0.2) is 0 Å². The Hall–Kier alpha value is -2.61. The van der Waals surface area contributed by atoms with Crippen LogP contribution in [0.15, 0.2) is 12.1 Å². The van der Waals surface area contributed by atoms with Crippen LogP contribution in [0.25, 0.3) is 11.3 Å². The molecule has 0 radical (unpaired) electrons. The summed E-state index contributed by atoms with van der Waals surface area (Å²) in [4.78, 5) is 13.3. The number of nitrogens with one attached hydrogen (secondary N) is 1. The first kappa shape index (κ1) is 17.2. The molecule has 0 amide bonds. The number of fused-ring (bicyclic) bond motifs is 1. The van der Waals surface area contributed by atoms with Gasteiger partial charge in [-0.2, -0.15) is 5.10 Å². The minimum atomic E-state index is -0.454. The zero-order chi connectivity index (χ0) is 18.0. The van der Waals surface area contributed by atoms with Gasteiger partial charge in [-0.1, -0.05) is 6.92 Å². The van der Waals surface area contributed by atoms with E-state index in [0.29, 0.717) is 17.0 Å². The highest BCUT2D eigenvalue weighted by Gasteiger charge is 2.27. The quantitative estimate of drug-likeness (QED) is 0.638. The lowest BCUT2D eigenvalue weighted by Crippen LogP contribution is -2.31. The predicted octanol–water partition coefficient (Wildman–Crippen LogP) is 2.77. The summed E-state index contributed by atoms with van der Waals surface area (Å²) in [5, 5.41) is 18.9. The molecule has 8 nitrogen and oxygen atoms in total. The summed E-state index contributed by atoms with van der Waals surface area (Å²) in [6.45, 7) is 4.94. The fraction of sp³-hybridized carbons (Fsp3) is 0.471. The Morgan fingerprint density at radius 3 is 2.72 bits per heavy atom. The Morgan fingerprint density at radius 1 is 1.32 bits per heavy atom. The predicted molar refractivity (Wildman–Crippen MR) is 93.1 cm³/mol. The molecular weight excluding hydrogens is 324 g/mol. The Labute approximate surface area is 145 Å². The highest BCUT2D eigenvalue weighted by Crippen LogP contribution is 2.41. The molecule has 1 aromatic heterocycles. The summed E-state index contributed by atoms with van der Waals surface area (Å²) in [6.07, 6.45) is 1.97. The van der Waals surface area contributed by atoms with Crippen LogP contribution in [-0.4, -0.2) is 47.3 Å². The van der Waals surface area contributed by atoms with Gasteiger partial charge in [0.05, 0.1) is 24.7 Å². The van der Waals surface area contributed by atoms with Gasteiger partial charge < -0.3 is 9.47 Å². The summed E-state index contributed by atoms with van der Waals surface area (Å²) < 4.78 is 10.6. The maximum Gasteiger partial charge on any atom is 0.311 e. The van der Waals surface area contributed by atoms with Crippen molar-refractivity contribution in [3.8, 4) is 22.8 Å². The number of H-pyrrole nitrogens is 1. The number of rotatable bonds is 6. The molecule has 8 heteroatoms. The summed E-state index contributed by atoms with van der Waals surface area (Å²) in [5.41, 5.74) is 3.38. The first-order chi connectivity index (χ1) is 12.1. The average molecular weight is 346 g/mol. The topological polar surface area (TPSA) is 93.5 Å². The molecule has 0 atom stereocenters. The van der Waals surface area contributed by atoms with Crippen molar-refractivity contribution in [1.29, 1.82) is 0 Å². The minimum absolute atomic E-state index is 0.101. The third-order valence-electron chi connectivity index (χ3n) is 4.51. The smallest absolute Gasteiger partial charge is 0.311 e. The number of nitro benzene ring substituents is 1. The molecule has 0 saturated heterocycles. The number of hydrogen-bond acceptors (Lipinski definition) is 6. The van der Waals surface area contributed by atoms with E-state index in [9.17, 15) is 10.1 Å². The Morgan fingerprint density at radius 2 is 2.08 bits per heavy atom. The van der Waals surface area contributed by atoms with Gasteiger partial charge in [0.25, 0.3) is 0 Å². The summed E-state index contributed by atoms with van der Waals surface area (Å²) in [5.74, 6) is 0.673. The number of methoxy groups -OCH3 is 2. The number of ether oxygens (including phenoxy) is 2. The molecular formula is C17H22N4O4. The van der Waals surface area contributed by atoms with E-state index < -0.39 is 4.92 Å². The van der Waals surface area contributed by atoms with Crippen molar-refractivity contribution >= 4 is 5.69 Å². The molecule has 0 bridgehead atoms. The number of aromatic amines is 1. The molecule has 1 N–H and O–H groups in total. The minimum Gasteiger partial charge on any atom is -0.496 e. The molecule has 25 heavy (non-hydrogen) atoms. The van der Waals surface area contributed by atoms with Gasteiger partial charge in [-0.05, 0) is 13.0 Å². The van der Waals surface area contributed by atoms with Gasteiger partial charge in [0.1, 0.15) is 11.4 Å². The highest BCUT2D eigenvalue weighted by molar-refractivity contribution is 5.76. The van der Waals surface area contributed by atoms with Crippen molar-refractivity contribution in [1.82, 2.24) is 15.1 Å². The van der Waals surface area contributed by atoms with E-state index in [2.05, 4.69) is 22.0 Å². The highest BCUT2D eigenvalue weighted by atomic mass is 16.6. The van der Waals surface area contributed by atoms with Crippen LogP contribution in [0.3, 0.4) is 0 Å². The lowest BCUT2D eigenvalue weighted by molar-refractivity contribution is -0.385. The number of benzene rings is 1. The van der Waals surface area contributed by atoms with E-state index in [1.807, 2.05) is 0 Å². The molecule has 1 aliphatic rings. The van der Waals surface area contributed by atoms with Crippen LogP contribution in [0.1, 0.15) is 24.6 Å². The second-order valence-electron chi connectivity index (χ2n) is 6.04. The molecule has 0 saturated carbocycles. The summed E-state index contributed by atoms with van der Waals surface area (Å²) in [6, 6.07) is 3.02. The van der Waals surface area contributed by atoms with E-state index in [1.54, 1.807) is 6.07 Å². The van der Waals surface area contributed by atoms with Crippen LogP contribution in [0.4, 0.5) is 5.69 Å². The van der Waals surface area contributed by atoms with E-state index in [4.69, 9.17) is 9.47 Å². The average Bonchev–Trinajstić information content (AvgIpc) is 3.03. The Bertz CT molecular complexity index is 787. The van der Waals surface area contributed by atoms with Crippen LogP contribution in [0.2, 0.25) is 0 Å². The van der Waals surface area contributed by atoms with E-state index in [-0.39, 0.29) is 11.4 Å². The van der Waals surface area contributed by atoms with Gasteiger partial charge >= 0.3 is 5.69 Å². The van der Waals surface area contributed by atoms with Gasteiger partial charge in [-0.15, -0.1) is 0 Å². The molecule has 0 aliphatic carbocycles. The van der Waals surface area contributed by atoms with Gasteiger partial charge in [0.2, 0.25) is 5.75 Å². The molecule has 2 heterocycles. The van der Waals surface area contributed by atoms with Gasteiger partial charge in [-0.25, -0.2) is 0 Å². The second-order valence-corrected chi connectivity index (χ2v) is 6.04. The molecule has 0 spiro atoms. The third kappa shape index (κ3) is 3.17. The van der Waals surface area contributed by atoms with Crippen molar-refractivity contribution in [3.63, 3.8) is 0 Å². The van der Waals surface area contributed by atoms with Crippen LogP contribution in [-0.2, 0) is 13.0 Å². The van der Waals surface area contributed by atoms with Crippen molar-refractivity contribution in [2.24, 2.45) is 0 Å². The third-order valence-corrected chi connectivity index (χ3v) is 4.51. The van der Waals surface area contributed by atoms with Crippen LogP contribution in [0.5, 0.6) is 11.5 Å². The molecule has 0 unspecified atom stereocenters. The van der Waals surface area contributed by atoms with Crippen molar-refractivity contribution in [2.75, 3.05) is 27.3 Å². The first-order valence-corrected chi connectivity index (χ1v) is 8.28. The Balaban J connectivity index is 2.10. The lowest BCUT2D eigenvalue weighted by atomic mass is 9.99. The normalized spacial score (nSPS) is 14.2.